The fourth-order valence-electron chi connectivity index (χ4n) is 2.58. The van der Waals surface area contributed by atoms with Gasteiger partial charge in [0.05, 0.1) is 37.6 Å². The Hall–Kier alpha value is 0.247. The molecule has 1 N–H and O–H groups in total. The average molecular weight is 365 g/mol. The van der Waals surface area contributed by atoms with E-state index in [1.165, 1.54) is 0 Å². The van der Waals surface area contributed by atoms with Crippen molar-refractivity contribution >= 4 is 15.9 Å². The molecule has 0 aliphatic carbocycles. The van der Waals surface area contributed by atoms with Crippen molar-refractivity contribution in [3.8, 4) is 0 Å². The fraction of sp³-hybridized carbons (Fsp3) is 1.00. The number of ether oxygens (including phenoxy) is 1. The molecule has 136 valence electrons. The van der Waals surface area contributed by atoms with Gasteiger partial charge < -0.3 is 23.5 Å². The van der Waals surface area contributed by atoms with E-state index in [1.807, 2.05) is 13.8 Å². The maximum atomic E-state index is 12.7. The van der Waals surface area contributed by atoms with E-state index in [0.29, 0.717) is 13.2 Å². The Bertz CT molecular complexity index is 457. The molecule has 2 aliphatic heterocycles. The zero-order chi connectivity index (χ0) is 17.5. The van der Waals surface area contributed by atoms with Crippen LogP contribution in [0.1, 0.15) is 34.6 Å². The van der Waals surface area contributed by atoms with Gasteiger partial charge in [0.25, 0.3) is 0 Å². The standard InChI is InChI=1S/C15H32NO5PSi/c1-8-18-22(17,19-9-2)10-11-12-13(16-12)14(20-11)21-23(6,7)15(3,4)5/h11-14,16H,8-10H2,1-7H3/t11-,12-,13-,14?/m1/s1. The highest BCUT2D eigenvalue weighted by molar-refractivity contribution is 7.53. The van der Waals surface area contributed by atoms with E-state index in [2.05, 4.69) is 39.2 Å². The second-order valence-electron chi connectivity index (χ2n) is 7.77. The van der Waals surface area contributed by atoms with E-state index in [4.69, 9.17) is 18.2 Å². The summed E-state index contributed by atoms with van der Waals surface area (Å²) in [5.41, 5.74) is 0. The van der Waals surface area contributed by atoms with Crippen LogP contribution in [0.3, 0.4) is 0 Å². The van der Waals surface area contributed by atoms with Gasteiger partial charge in [-0.3, -0.25) is 4.57 Å². The molecule has 0 radical (unpaired) electrons. The molecular formula is C15H32NO5PSi. The lowest BCUT2D eigenvalue weighted by Crippen LogP contribution is -2.46. The van der Waals surface area contributed by atoms with Gasteiger partial charge in [-0.2, -0.15) is 0 Å². The van der Waals surface area contributed by atoms with Gasteiger partial charge in [0.15, 0.2) is 14.6 Å². The van der Waals surface area contributed by atoms with Crippen molar-refractivity contribution < 1.29 is 22.8 Å². The molecule has 6 nitrogen and oxygen atoms in total. The van der Waals surface area contributed by atoms with Gasteiger partial charge in [-0.25, -0.2) is 0 Å². The highest BCUT2D eigenvalue weighted by Crippen LogP contribution is 2.52. The van der Waals surface area contributed by atoms with Crippen molar-refractivity contribution in [2.24, 2.45) is 0 Å². The lowest BCUT2D eigenvalue weighted by atomic mass is 10.2. The highest BCUT2D eigenvalue weighted by Gasteiger charge is 2.59. The lowest BCUT2D eigenvalue weighted by Gasteiger charge is -2.38. The minimum absolute atomic E-state index is 0.130. The first-order valence-electron chi connectivity index (χ1n) is 8.50. The van der Waals surface area contributed by atoms with Crippen LogP contribution in [0.25, 0.3) is 0 Å². The SMILES string of the molecule is CCOP(=O)(C[C@H]1OC(O[Si](C)(C)C(C)(C)C)[C@@H]2N[C@H]12)OCC. The molecule has 0 saturated carbocycles. The first-order chi connectivity index (χ1) is 10.5. The minimum Gasteiger partial charge on any atom is -0.391 e. The van der Waals surface area contributed by atoms with Crippen LogP contribution in [0.15, 0.2) is 0 Å². The fourth-order valence-corrected chi connectivity index (χ4v) is 5.54. The van der Waals surface area contributed by atoms with Crippen molar-refractivity contribution in [2.75, 3.05) is 19.4 Å². The van der Waals surface area contributed by atoms with Crippen molar-refractivity contribution in [3.63, 3.8) is 0 Å². The van der Waals surface area contributed by atoms with Crippen LogP contribution in [-0.4, -0.2) is 52.2 Å². The summed E-state index contributed by atoms with van der Waals surface area (Å²) in [6.07, 6.45) is -0.165. The average Bonchev–Trinajstić information content (AvgIpc) is 3.10. The summed E-state index contributed by atoms with van der Waals surface area (Å²) in [7, 11) is -5.00. The Morgan fingerprint density at radius 2 is 1.70 bits per heavy atom. The first-order valence-corrected chi connectivity index (χ1v) is 13.1. The Morgan fingerprint density at radius 3 is 2.17 bits per heavy atom. The van der Waals surface area contributed by atoms with Crippen LogP contribution in [0.5, 0.6) is 0 Å². The highest BCUT2D eigenvalue weighted by atomic mass is 31.2. The minimum atomic E-state index is -3.10. The number of fused-ring (bicyclic) bond motifs is 1. The maximum absolute atomic E-state index is 12.7. The summed E-state index contributed by atoms with van der Waals surface area (Å²) in [5.74, 6) is 0. The molecule has 2 rings (SSSR count). The Morgan fingerprint density at radius 1 is 1.13 bits per heavy atom. The van der Waals surface area contributed by atoms with Crippen LogP contribution in [-0.2, 0) is 22.8 Å². The summed E-state index contributed by atoms with van der Waals surface area (Å²) in [6, 6.07) is 0.393. The summed E-state index contributed by atoms with van der Waals surface area (Å²) < 4.78 is 35.9. The molecule has 2 aliphatic rings. The van der Waals surface area contributed by atoms with Gasteiger partial charge in [0, 0.05) is 0 Å². The molecule has 2 fully saturated rings. The van der Waals surface area contributed by atoms with E-state index in [-0.39, 0.29) is 35.7 Å². The molecule has 0 bridgehead atoms. The molecule has 2 saturated heterocycles. The number of hydrogen-bond donors (Lipinski definition) is 1. The van der Waals surface area contributed by atoms with Crippen LogP contribution in [0, 0.1) is 0 Å². The molecular weight excluding hydrogens is 333 g/mol. The molecule has 0 aromatic heterocycles. The summed E-state index contributed by atoms with van der Waals surface area (Å²) in [5, 5.41) is 3.52. The van der Waals surface area contributed by atoms with Crippen molar-refractivity contribution in [1.29, 1.82) is 0 Å². The Labute approximate surface area is 141 Å². The van der Waals surface area contributed by atoms with Gasteiger partial charge >= 0.3 is 7.60 Å². The topological polar surface area (TPSA) is 75.9 Å². The number of morpholine rings is 1. The third-order valence-corrected chi connectivity index (χ3v) is 11.5. The molecule has 0 spiro atoms. The van der Waals surface area contributed by atoms with E-state index < -0.39 is 15.9 Å². The zero-order valence-corrected chi connectivity index (χ0v) is 17.3. The van der Waals surface area contributed by atoms with Crippen LogP contribution >= 0.6 is 7.60 Å². The quantitative estimate of drug-likeness (QED) is 0.404. The summed E-state index contributed by atoms with van der Waals surface area (Å²) in [6.45, 7) is 15.4. The lowest BCUT2D eigenvalue weighted by molar-refractivity contribution is -0.0917. The predicted molar refractivity (Wildman–Crippen MR) is 93.4 cm³/mol. The smallest absolute Gasteiger partial charge is 0.333 e. The van der Waals surface area contributed by atoms with E-state index in [1.54, 1.807) is 0 Å². The zero-order valence-electron chi connectivity index (χ0n) is 15.4. The summed E-state index contributed by atoms with van der Waals surface area (Å²) in [4.78, 5) is 0. The second-order valence-corrected chi connectivity index (χ2v) is 14.6. The van der Waals surface area contributed by atoms with Crippen LogP contribution in [0.2, 0.25) is 18.1 Å². The normalized spacial score (nSPS) is 31.3. The Kier molecular flexibility index (Phi) is 5.84. The van der Waals surface area contributed by atoms with Gasteiger partial charge in [-0.15, -0.1) is 0 Å². The van der Waals surface area contributed by atoms with Gasteiger partial charge in [0.1, 0.15) is 0 Å². The molecule has 1 unspecified atom stereocenters. The Balaban J connectivity index is 1.98. The van der Waals surface area contributed by atoms with Gasteiger partial charge in [0.2, 0.25) is 0 Å². The second kappa shape index (κ2) is 6.87. The molecule has 23 heavy (non-hydrogen) atoms. The number of nitrogens with one attached hydrogen (secondary N) is 1. The van der Waals surface area contributed by atoms with Crippen molar-refractivity contribution in [2.45, 2.75) is 77.2 Å². The number of rotatable bonds is 8. The van der Waals surface area contributed by atoms with E-state index in [9.17, 15) is 4.57 Å². The monoisotopic (exact) mass is 365 g/mol. The van der Waals surface area contributed by atoms with Crippen molar-refractivity contribution in [1.82, 2.24) is 5.32 Å². The number of hydrogen-bond acceptors (Lipinski definition) is 6. The van der Waals surface area contributed by atoms with Gasteiger partial charge in [-0.05, 0) is 32.0 Å². The maximum Gasteiger partial charge on any atom is 0.333 e. The van der Waals surface area contributed by atoms with Crippen LogP contribution < -0.4 is 5.32 Å². The molecule has 2 heterocycles. The predicted octanol–water partition coefficient (Wildman–Crippen LogP) is 3.34. The third-order valence-electron chi connectivity index (χ3n) is 4.94. The molecule has 8 heteroatoms. The largest absolute Gasteiger partial charge is 0.391 e. The third kappa shape index (κ3) is 4.45. The summed E-state index contributed by atoms with van der Waals surface area (Å²) >= 11 is 0. The molecule has 0 aromatic rings. The van der Waals surface area contributed by atoms with E-state index in [0.717, 1.165) is 0 Å². The molecule has 4 atom stereocenters. The molecule has 0 aromatic carbocycles. The first kappa shape index (κ1) is 19.6. The van der Waals surface area contributed by atoms with Gasteiger partial charge in [-0.1, -0.05) is 20.8 Å². The molecule has 0 amide bonds. The van der Waals surface area contributed by atoms with Crippen molar-refractivity contribution in [3.05, 3.63) is 0 Å². The van der Waals surface area contributed by atoms with E-state index >= 15 is 0 Å². The van der Waals surface area contributed by atoms with Crippen LogP contribution in [0.4, 0.5) is 0 Å².